The third-order valence-corrected chi connectivity index (χ3v) is 6.54. The van der Waals surface area contributed by atoms with Gasteiger partial charge < -0.3 is 9.55 Å². The van der Waals surface area contributed by atoms with Gasteiger partial charge in [-0.15, -0.1) is 0 Å². The molecular formula is C30H20N2. The van der Waals surface area contributed by atoms with Crippen LogP contribution in [-0.2, 0) is 0 Å². The molecule has 0 aliphatic carbocycles. The van der Waals surface area contributed by atoms with Gasteiger partial charge >= 0.3 is 0 Å². The molecule has 0 unspecified atom stereocenters. The number of nitrogens with zero attached hydrogens (tertiary/aromatic N) is 1. The highest BCUT2D eigenvalue weighted by Gasteiger charge is 2.18. The minimum absolute atomic E-state index is 1.17. The maximum absolute atomic E-state index is 3.69. The number of rotatable bonds is 2. The van der Waals surface area contributed by atoms with Gasteiger partial charge in [-0.1, -0.05) is 91.0 Å². The quantitative estimate of drug-likeness (QED) is 0.298. The smallest absolute Gasteiger partial charge is 0.0620 e. The molecular weight excluding hydrogens is 388 g/mol. The average Bonchev–Trinajstić information content (AvgIpc) is 3.41. The summed E-state index contributed by atoms with van der Waals surface area (Å²) in [6, 6.07) is 41.2. The molecule has 0 radical (unpaired) electrons. The van der Waals surface area contributed by atoms with Crippen LogP contribution < -0.4 is 0 Å². The molecule has 0 amide bonds. The number of H-pyrrole nitrogens is 1. The Bertz CT molecular complexity index is 1770. The van der Waals surface area contributed by atoms with E-state index in [0.717, 1.165) is 0 Å². The summed E-state index contributed by atoms with van der Waals surface area (Å²) in [5.74, 6) is 0. The SMILES string of the molecule is c1ccc(-n2c3ccccc3c3cccc(-c4cccc5c4[nH]c4ccccc45)c32)cc1. The third-order valence-electron chi connectivity index (χ3n) is 6.54. The summed E-state index contributed by atoms with van der Waals surface area (Å²) in [6.07, 6.45) is 0. The number of hydrogen-bond donors (Lipinski definition) is 1. The van der Waals surface area contributed by atoms with Gasteiger partial charge in [0.15, 0.2) is 0 Å². The Morgan fingerprint density at radius 3 is 2.00 bits per heavy atom. The highest BCUT2D eigenvalue weighted by Crippen LogP contribution is 2.40. The molecule has 0 fully saturated rings. The van der Waals surface area contributed by atoms with E-state index >= 15 is 0 Å². The molecule has 0 aliphatic heterocycles. The average molecular weight is 409 g/mol. The minimum Gasteiger partial charge on any atom is -0.354 e. The van der Waals surface area contributed by atoms with Crippen molar-refractivity contribution >= 4 is 43.6 Å². The molecule has 2 heterocycles. The highest BCUT2D eigenvalue weighted by atomic mass is 15.0. The number of nitrogens with one attached hydrogen (secondary N) is 1. The van der Waals surface area contributed by atoms with Crippen molar-refractivity contribution in [2.45, 2.75) is 0 Å². The number of aromatic amines is 1. The molecule has 0 bridgehead atoms. The summed E-state index contributed by atoms with van der Waals surface area (Å²) >= 11 is 0. The van der Waals surface area contributed by atoms with E-state index in [-0.39, 0.29) is 0 Å². The molecule has 0 spiro atoms. The Morgan fingerprint density at radius 1 is 0.469 bits per heavy atom. The first-order valence-corrected chi connectivity index (χ1v) is 11.0. The van der Waals surface area contributed by atoms with Gasteiger partial charge in [0.1, 0.15) is 0 Å². The van der Waals surface area contributed by atoms with E-state index in [1.165, 1.54) is 60.4 Å². The van der Waals surface area contributed by atoms with E-state index < -0.39 is 0 Å². The van der Waals surface area contributed by atoms with Gasteiger partial charge in [0.05, 0.1) is 16.6 Å². The second-order valence-corrected chi connectivity index (χ2v) is 8.29. The predicted octanol–water partition coefficient (Wildman–Crippen LogP) is 8.09. The molecule has 0 saturated heterocycles. The monoisotopic (exact) mass is 408 g/mol. The van der Waals surface area contributed by atoms with Crippen LogP contribution in [0.25, 0.3) is 60.4 Å². The van der Waals surface area contributed by atoms with Gasteiger partial charge in [0, 0.05) is 43.9 Å². The lowest BCUT2D eigenvalue weighted by molar-refractivity contribution is 1.18. The lowest BCUT2D eigenvalue weighted by Gasteiger charge is -2.12. The van der Waals surface area contributed by atoms with Crippen LogP contribution in [0.5, 0.6) is 0 Å². The van der Waals surface area contributed by atoms with Gasteiger partial charge in [0.25, 0.3) is 0 Å². The molecule has 2 aromatic heterocycles. The van der Waals surface area contributed by atoms with Crippen LogP contribution in [0.2, 0.25) is 0 Å². The largest absolute Gasteiger partial charge is 0.354 e. The molecule has 0 saturated carbocycles. The Balaban J connectivity index is 1.67. The summed E-state index contributed by atoms with van der Waals surface area (Å²) in [5.41, 5.74) is 8.46. The second kappa shape index (κ2) is 6.60. The number of aromatic nitrogens is 2. The number of hydrogen-bond acceptors (Lipinski definition) is 0. The highest BCUT2D eigenvalue weighted by molar-refractivity contribution is 6.18. The first-order valence-electron chi connectivity index (χ1n) is 11.0. The second-order valence-electron chi connectivity index (χ2n) is 8.29. The lowest BCUT2D eigenvalue weighted by Crippen LogP contribution is -1.95. The van der Waals surface area contributed by atoms with Crippen LogP contribution in [0.4, 0.5) is 0 Å². The van der Waals surface area contributed by atoms with E-state index in [4.69, 9.17) is 0 Å². The predicted molar refractivity (Wildman–Crippen MR) is 136 cm³/mol. The summed E-state index contributed by atoms with van der Waals surface area (Å²) in [5, 5.41) is 5.07. The van der Waals surface area contributed by atoms with Crippen molar-refractivity contribution in [2.24, 2.45) is 0 Å². The van der Waals surface area contributed by atoms with Gasteiger partial charge in [-0.05, 0) is 24.3 Å². The molecule has 5 aromatic carbocycles. The number of para-hydroxylation sites is 5. The fourth-order valence-corrected chi connectivity index (χ4v) is 5.18. The Morgan fingerprint density at radius 2 is 1.12 bits per heavy atom. The van der Waals surface area contributed by atoms with E-state index in [9.17, 15) is 0 Å². The van der Waals surface area contributed by atoms with Crippen molar-refractivity contribution in [3.8, 4) is 16.8 Å². The normalized spacial score (nSPS) is 11.8. The number of fused-ring (bicyclic) bond motifs is 6. The summed E-state index contributed by atoms with van der Waals surface area (Å²) in [7, 11) is 0. The van der Waals surface area contributed by atoms with Gasteiger partial charge in [0.2, 0.25) is 0 Å². The van der Waals surface area contributed by atoms with Crippen LogP contribution in [0, 0.1) is 0 Å². The van der Waals surface area contributed by atoms with E-state index in [1.807, 2.05) is 0 Å². The Kier molecular flexibility index (Phi) is 3.58. The molecule has 2 nitrogen and oxygen atoms in total. The van der Waals surface area contributed by atoms with Crippen LogP contribution in [0.3, 0.4) is 0 Å². The van der Waals surface area contributed by atoms with Crippen molar-refractivity contribution in [1.82, 2.24) is 9.55 Å². The van der Waals surface area contributed by atoms with Crippen LogP contribution in [0.15, 0.2) is 115 Å². The molecule has 32 heavy (non-hydrogen) atoms. The van der Waals surface area contributed by atoms with Crippen molar-refractivity contribution in [1.29, 1.82) is 0 Å². The first kappa shape index (κ1) is 17.4. The Hall–Kier alpha value is -4.30. The van der Waals surface area contributed by atoms with E-state index in [2.05, 4.69) is 125 Å². The zero-order valence-corrected chi connectivity index (χ0v) is 17.4. The van der Waals surface area contributed by atoms with Gasteiger partial charge in [-0.3, -0.25) is 0 Å². The van der Waals surface area contributed by atoms with Crippen molar-refractivity contribution in [2.75, 3.05) is 0 Å². The zero-order valence-electron chi connectivity index (χ0n) is 17.4. The van der Waals surface area contributed by atoms with Crippen LogP contribution >= 0.6 is 0 Å². The van der Waals surface area contributed by atoms with Gasteiger partial charge in [-0.2, -0.15) is 0 Å². The molecule has 7 aromatic rings. The molecule has 150 valence electrons. The zero-order chi connectivity index (χ0) is 21.1. The van der Waals surface area contributed by atoms with Crippen molar-refractivity contribution in [3.05, 3.63) is 115 Å². The minimum atomic E-state index is 1.17. The lowest BCUT2D eigenvalue weighted by atomic mass is 9.99. The maximum Gasteiger partial charge on any atom is 0.0620 e. The van der Waals surface area contributed by atoms with Gasteiger partial charge in [-0.25, -0.2) is 0 Å². The first-order chi connectivity index (χ1) is 15.9. The summed E-state index contributed by atoms with van der Waals surface area (Å²) in [6.45, 7) is 0. The fourth-order valence-electron chi connectivity index (χ4n) is 5.18. The molecule has 0 aliphatic rings. The topological polar surface area (TPSA) is 20.7 Å². The van der Waals surface area contributed by atoms with Crippen molar-refractivity contribution < 1.29 is 0 Å². The van der Waals surface area contributed by atoms with E-state index in [0.29, 0.717) is 0 Å². The van der Waals surface area contributed by atoms with Crippen LogP contribution in [0.1, 0.15) is 0 Å². The van der Waals surface area contributed by atoms with Crippen molar-refractivity contribution in [3.63, 3.8) is 0 Å². The molecule has 2 heteroatoms. The molecule has 7 rings (SSSR count). The molecule has 0 atom stereocenters. The fraction of sp³-hybridized carbons (Fsp3) is 0. The standard InChI is InChI=1S/C30H20N2/c1-2-10-20(11-3-1)32-28-19-7-5-13-22(28)25-16-9-17-26(30(25)32)24-15-8-14-23-21-12-4-6-18-27(21)31-29(23)24/h1-19,31H. The Labute approximate surface area is 185 Å². The maximum atomic E-state index is 3.69. The van der Waals surface area contributed by atoms with E-state index in [1.54, 1.807) is 0 Å². The third kappa shape index (κ3) is 2.35. The number of benzene rings is 5. The molecule has 1 N–H and O–H groups in total. The van der Waals surface area contributed by atoms with Crippen LogP contribution in [-0.4, -0.2) is 9.55 Å². The summed E-state index contributed by atoms with van der Waals surface area (Å²) in [4.78, 5) is 3.69. The summed E-state index contributed by atoms with van der Waals surface area (Å²) < 4.78 is 2.40.